The number of carbonyl (C=O) groups excluding carboxylic acids is 1. The molecule has 0 radical (unpaired) electrons. The number of amides is 1. The summed E-state index contributed by atoms with van der Waals surface area (Å²) in [5.41, 5.74) is 2.78. The van der Waals surface area contributed by atoms with Gasteiger partial charge in [0.25, 0.3) is 0 Å². The number of methoxy groups -OCH3 is 1. The van der Waals surface area contributed by atoms with Crippen LogP contribution < -0.4 is 14.8 Å². The fourth-order valence-corrected chi connectivity index (χ4v) is 2.91. The summed E-state index contributed by atoms with van der Waals surface area (Å²) in [6, 6.07) is 7.64. The van der Waals surface area contributed by atoms with E-state index in [1.807, 2.05) is 38.1 Å². The molecule has 0 bridgehead atoms. The molecule has 1 N–H and O–H groups in total. The third-order valence-electron chi connectivity index (χ3n) is 4.00. The van der Waals surface area contributed by atoms with Gasteiger partial charge in [-0.25, -0.2) is 9.97 Å². The Morgan fingerprint density at radius 2 is 2.08 bits per heavy atom. The molecule has 0 saturated carbocycles. The molecule has 0 spiro atoms. The molecule has 3 rings (SSSR count). The van der Waals surface area contributed by atoms with E-state index in [2.05, 4.69) is 15.3 Å². The molecular weight excluding hydrogens is 306 g/mol. The minimum absolute atomic E-state index is 0.0498. The number of ether oxygens (including phenoxy) is 2. The molecule has 1 amide bonds. The third-order valence-corrected chi connectivity index (χ3v) is 4.00. The number of aromatic nitrogens is 2. The zero-order chi connectivity index (χ0) is 17.1. The summed E-state index contributed by atoms with van der Waals surface area (Å²) in [5.74, 6) is 1.79. The van der Waals surface area contributed by atoms with Crippen molar-refractivity contribution in [3.05, 3.63) is 47.0 Å². The number of fused-ring (bicyclic) bond motifs is 1. The van der Waals surface area contributed by atoms with Crippen LogP contribution in [0.5, 0.6) is 11.5 Å². The number of hydrogen-bond donors (Lipinski definition) is 1. The normalized spacial score (nSPS) is 16.0. The Morgan fingerprint density at radius 3 is 2.79 bits per heavy atom. The molecule has 1 atom stereocenters. The fourth-order valence-electron chi connectivity index (χ4n) is 2.91. The van der Waals surface area contributed by atoms with Crippen LogP contribution in [0.1, 0.15) is 22.8 Å². The van der Waals surface area contributed by atoms with Gasteiger partial charge in [-0.2, -0.15) is 0 Å². The molecule has 0 aliphatic carbocycles. The first-order valence-electron chi connectivity index (χ1n) is 7.94. The van der Waals surface area contributed by atoms with E-state index in [-0.39, 0.29) is 11.8 Å². The predicted molar refractivity (Wildman–Crippen MR) is 89.0 cm³/mol. The largest absolute Gasteiger partial charge is 0.493 e. The van der Waals surface area contributed by atoms with Crippen molar-refractivity contribution in [2.45, 2.75) is 26.8 Å². The van der Waals surface area contributed by atoms with Gasteiger partial charge in [-0.3, -0.25) is 4.79 Å². The minimum atomic E-state index is -0.226. The van der Waals surface area contributed by atoms with Crippen molar-refractivity contribution >= 4 is 5.91 Å². The number of para-hydroxylation sites is 1. The van der Waals surface area contributed by atoms with Crippen LogP contribution in [-0.2, 0) is 17.8 Å². The number of rotatable bonds is 4. The average Bonchev–Trinajstić information content (AvgIpc) is 2.57. The van der Waals surface area contributed by atoms with E-state index in [1.165, 1.54) is 0 Å². The molecule has 0 fully saturated rings. The molecule has 24 heavy (non-hydrogen) atoms. The van der Waals surface area contributed by atoms with Gasteiger partial charge >= 0.3 is 0 Å². The second-order valence-corrected chi connectivity index (χ2v) is 5.95. The number of aryl methyl sites for hydroxylation is 2. The van der Waals surface area contributed by atoms with Gasteiger partial charge < -0.3 is 14.8 Å². The molecule has 0 saturated heterocycles. The third kappa shape index (κ3) is 3.48. The van der Waals surface area contributed by atoms with Crippen LogP contribution >= 0.6 is 0 Å². The Bertz CT molecular complexity index is 741. The molecule has 1 aromatic heterocycles. The lowest BCUT2D eigenvalue weighted by Crippen LogP contribution is -2.37. The number of nitrogens with one attached hydrogen (secondary N) is 1. The van der Waals surface area contributed by atoms with Gasteiger partial charge in [0.05, 0.1) is 19.6 Å². The Labute approximate surface area is 141 Å². The topological polar surface area (TPSA) is 73.3 Å². The van der Waals surface area contributed by atoms with Crippen molar-refractivity contribution in [2.75, 3.05) is 13.7 Å². The van der Waals surface area contributed by atoms with Gasteiger partial charge in [-0.05, 0) is 38.0 Å². The van der Waals surface area contributed by atoms with Crippen molar-refractivity contribution in [2.24, 2.45) is 5.92 Å². The molecule has 2 aromatic rings. The highest BCUT2D eigenvalue weighted by molar-refractivity contribution is 5.79. The first-order chi connectivity index (χ1) is 11.6. The van der Waals surface area contributed by atoms with E-state index in [0.29, 0.717) is 31.1 Å². The van der Waals surface area contributed by atoms with Crippen LogP contribution in [0.2, 0.25) is 0 Å². The molecule has 1 aliphatic rings. The highest BCUT2D eigenvalue weighted by atomic mass is 16.5. The highest BCUT2D eigenvalue weighted by Gasteiger charge is 2.27. The van der Waals surface area contributed by atoms with Crippen LogP contribution in [0.4, 0.5) is 0 Å². The lowest BCUT2D eigenvalue weighted by atomic mass is 9.95. The van der Waals surface area contributed by atoms with E-state index in [9.17, 15) is 4.79 Å². The Kier molecular flexibility index (Phi) is 4.64. The summed E-state index contributed by atoms with van der Waals surface area (Å²) in [6.07, 6.45) is 0.631. The highest BCUT2D eigenvalue weighted by Crippen LogP contribution is 2.35. The maximum absolute atomic E-state index is 12.4. The van der Waals surface area contributed by atoms with Crippen LogP contribution in [0.25, 0.3) is 0 Å². The number of nitrogens with zero attached hydrogens (tertiary/aromatic N) is 2. The maximum atomic E-state index is 12.4. The smallest absolute Gasteiger partial charge is 0.227 e. The van der Waals surface area contributed by atoms with Gasteiger partial charge in [-0.1, -0.05) is 12.1 Å². The number of benzene rings is 1. The van der Waals surface area contributed by atoms with E-state index in [4.69, 9.17) is 9.47 Å². The average molecular weight is 327 g/mol. The number of carbonyl (C=O) groups is 1. The van der Waals surface area contributed by atoms with Crippen LogP contribution in [0.3, 0.4) is 0 Å². The molecule has 6 nitrogen and oxygen atoms in total. The van der Waals surface area contributed by atoms with Crippen molar-refractivity contribution in [3.8, 4) is 11.5 Å². The first kappa shape index (κ1) is 16.2. The standard InChI is InChI=1S/C18H21N3O3/c1-11-7-12(2)21-16(20-11)9-19-18(22)14-8-13-5-4-6-15(23-3)17(13)24-10-14/h4-7,14H,8-10H2,1-3H3,(H,19,22)/t14-/m1/s1. The fraction of sp³-hybridized carbons (Fsp3) is 0.389. The van der Waals surface area contributed by atoms with Crippen LogP contribution in [-0.4, -0.2) is 29.6 Å². The summed E-state index contributed by atoms with van der Waals surface area (Å²) < 4.78 is 11.0. The van der Waals surface area contributed by atoms with Gasteiger partial charge in [0.2, 0.25) is 5.91 Å². The monoisotopic (exact) mass is 327 g/mol. The SMILES string of the molecule is COc1cccc2c1OC[C@H](C(=O)NCc1nc(C)cc(C)n1)C2. The second kappa shape index (κ2) is 6.86. The molecule has 1 aliphatic heterocycles. The molecule has 6 heteroatoms. The minimum Gasteiger partial charge on any atom is -0.493 e. The maximum Gasteiger partial charge on any atom is 0.227 e. The van der Waals surface area contributed by atoms with Crippen LogP contribution in [0.15, 0.2) is 24.3 Å². The van der Waals surface area contributed by atoms with E-state index >= 15 is 0 Å². The van der Waals surface area contributed by atoms with E-state index in [1.54, 1.807) is 7.11 Å². The van der Waals surface area contributed by atoms with Crippen molar-refractivity contribution in [1.82, 2.24) is 15.3 Å². The molecule has 2 heterocycles. The summed E-state index contributed by atoms with van der Waals surface area (Å²) in [4.78, 5) is 21.1. The van der Waals surface area contributed by atoms with Crippen LogP contribution in [0, 0.1) is 19.8 Å². The summed E-state index contributed by atoms with van der Waals surface area (Å²) in [5, 5.41) is 2.91. The summed E-state index contributed by atoms with van der Waals surface area (Å²) in [7, 11) is 1.61. The molecule has 1 aromatic carbocycles. The van der Waals surface area contributed by atoms with E-state index < -0.39 is 0 Å². The quantitative estimate of drug-likeness (QED) is 0.929. The lowest BCUT2D eigenvalue weighted by molar-refractivity contribution is -0.126. The number of hydrogen-bond acceptors (Lipinski definition) is 5. The molecular formula is C18H21N3O3. The second-order valence-electron chi connectivity index (χ2n) is 5.95. The zero-order valence-corrected chi connectivity index (χ0v) is 14.1. The van der Waals surface area contributed by atoms with Crippen molar-refractivity contribution in [1.29, 1.82) is 0 Å². The summed E-state index contributed by atoms with van der Waals surface area (Å²) >= 11 is 0. The van der Waals surface area contributed by atoms with Crippen molar-refractivity contribution < 1.29 is 14.3 Å². The Morgan fingerprint density at radius 1 is 1.33 bits per heavy atom. The molecule has 126 valence electrons. The van der Waals surface area contributed by atoms with Gasteiger partial charge in [-0.15, -0.1) is 0 Å². The van der Waals surface area contributed by atoms with Crippen molar-refractivity contribution in [3.63, 3.8) is 0 Å². The van der Waals surface area contributed by atoms with Gasteiger partial charge in [0.15, 0.2) is 11.5 Å². The Hall–Kier alpha value is -2.63. The first-order valence-corrected chi connectivity index (χ1v) is 7.94. The molecule has 0 unspecified atom stereocenters. The Balaban J connectivity index is 1.64. The lowest BCUT2D eigenvalue weighted by Gasteiger charge is -2.25. The van der Waals surface area contributed by atoms with Gasteiger partial charge in [0.1, 0.15) is 12.4 Å². The summed E-state index contributed by atoms with van der Waals surface area (Å²) in [6.45, 7) is 4.49. The van der Waals surface area contributed by atoms with E-state index in [0.717, 1.165) is 22.7 Å². The van der Waals surface area contributed by atoms with Gasteiger partial charge in [0, 0.05) is 11.4 Å². The predicted octanol–water partition coefficient (Wildman–Crippen LogP) is 1.97. The zero-order valence-electron chi connectivity index (χ0n) is 14.1.